The van der Waals surface area contributed by atoms with E-state index in [0.29, 0.717) is 0 Å². The first-order valence-corrected chi connectivity index (χ1v) is 13.6. The molecule has 6 rings (SSSR count). The predicted octanol–water partition coefficient (Wildman–Crippen LogP) is 9.71. The number of hydrogen-bond acceptors (Lipinski definition) is 5. The first-order chi connectivity index (χ1) is 17.1. The van der Waals surface area contributed by atoms with Crippen LogP contribution in [-0.2, 0) is 0 Å². The van der Waals surface area contributed by atoms with Crippen LogP contribution in [0, 0.1) is 36.5 Å². The fourth-order valence-corrected chi connectivity index (χ4v) is 9.09. The molecular formula is C30H18N2S3. The van der Waals surface area contributed by atoms with Crippen molar-refractivity contribution < 1.29 is 0 Å². The molecule has 0 spiro atoms. The van der Waals surface area contributed by atoms with Gasteiger partial charge in [0.2, 0.25) is 0 Å². The van der Waals surface area contributed by atoms with Crippen LogP contribution >= 0.6 is 34.0 Å². The van der Waals surface area contributed by atoms with Gasteiger partial charge in [0.15, 0.2) is 0 Å². The summed E-state index contributed by atoms with van der Waals surface area (Å²) < 4.78 is 1.24. The third kappa shape index (κ3) is 3.40. The molecule has 3 aromatic heterocycles. The van der Waals surface area contributed by atoms with Crippen LogP contribution in [-0.4, -0.2) is 0 Å². The molecule has 166 valence electrons. The maximum absolute atomic E-state index is 9.18. The monoisotopic (exact) mass is 502 g/mol. The molecule has 2 nitrogen and oxygen atoms in total. The van der Waals surface area contributed by atoms with E-state index in [9.17, 15) is 10.5 Å². The summed E-state index contributed by atoms with van der Waals surface area (Å²) in [6.07, 6.45) is 1.71. The first-order valence-electron chi connectivity index (χ1n) is 11.1. The van der Waals surface area contributed by atoms with Crippen LogP contribution < -0.4 is 0 Å². The molecule has 6 aromatic rings. The highest BCUT2D eigenvalue weighted by Gasteiger charge is 2.22. The zero-order valence-corrected chi connectivity index (χ0v) is 21.5. The third-order valence-corrected chi connectivity index (χ3v) is 10.5. The number of aryl methyl sites for hydroxylation is 2. The number of nitrogens with zero attached hydrogens (tertiary/aromatic N) is 2. The standard InChI is InChI=1S/C30H18N2S3/c1-17-25(14-19(15-31)16-32)33-30-26(17)18(2)27(35-30)29-24-12-6-5-11-23(24)28(34-29)22-13-7-9-20-8-3-4-10-21(20)22/h3-14H,1-2H3. The third-order valence-electron chi connectivity index (χ3n) is 6.44. The molecule has 0 amide bonds. The summed E-state index contributed by atoms with van der Waals surface area (Å²) in [6.45, 7) is 4.29. The number of nitriles is 2. The molecule has 0 aliphatic carbocycles. The van der Waals surface area contributed by atoms with E-state index in [0.717, 1.165) is 10.4 Å². The summed E-state index contributed by atoms with van der Waals surface area (Å²) in [5.41, 5.74) is 3.83. The van der Waals surface area contributed by atoms with E-state index < -0.39 is 0 Å². The van der Waals surface area contributed by atoms with Crippen LogP contribution in [0.4, 0.5) is 0 Å². The van der Waals surface area contributed by atoms with Crippen LogP contribution in [0.2, 0.25) is 0 Å². The van der Waals surface area contributed by atoms with E-state index in [1.165, 1.54) is 56.7 Å². The highest BCUT2D eigenvalue weighted by molar-refractivity contribution is 7.41. The topological polar surface area (TPSA) is 47.6 Å². The van der Waals surface area contributed by atoms with Gasteiger partial charge >= 0.3 is 0 Å². The average molecular weight is 503 g/mol. The maximum atomic E-state index is 9.18. The van der Waals surface area contributed by atoms with Gasteiger partial charge in [0.25, 0.3) is 0 Å². The molecule has 5 heteroatoms. The van der Waals surface area contributed by atoms with E-state index in [2.05, 4.69) is 80.6 Å². The summed E-state index contributed by atoms with van der Waals surface area (Å²) >= 11 is 5.35. The maximum Gasteiger partial charge on any atom is 0.131 e. The van der Waals surface area contributed by atoms with E-state index in [-0.39, 0.29) is 5.57 Å². The van der Waals surface area contributed by atoms with Crippen LogP contribution in [0.15, 0.2) is 72.3 Å². The largest absolute Gasteiger partial charge is 0.192 e. The van der Waals surface area contributed by atoms with Gasteiger partial charge in [0, 0.05) is 36.4 Å². The summed E-state index contributed by atoms with van der Waals surface area (Å²) in [7, 11) is 0. The van der Waals surface area contributed by atoms with Crippen LogP contribution in [0.1, 0.15) is 16.0 Å². The quantitative estimate of drug-likeness (QED) is 0.226. The lowest BCUT2D eigenvalue weighted by Gasteiger charge is -2.05. The Morgan fingerprint density at radius 3 is 2.06 bits per heavy atom. The molecular weight excluding hydrogens is 485 g/mol. The van der Waals surface area contributed by atoms with Crippen molar-refractivity contribution >= 4 is 71.0 Å². The van der Waals surface area contributed by atoms with E-state index in [4.69, 9.17) is 0 Å². The Labute approximate surface area is 215 Å². The minimum atomic E-state index is 0.142. The van der Waals surface area contributed by atoms with Gasteiger partial charge in [-0.05, 0) is 41.8 Å². The highest BCUT2D eigenvalue weighted by Crippen LogP contribution is 2.52. The second-order valence-electron chi connectivity index (χ2n) is 8.42. The molecule has 0 saturated heterocycles. The van der Waals surface area contributed by atoms with Crippen LogP contribution in [0.25, 0.3) is 57.2 Å². The van der Waals surface area contributed by atoms with E-state index in [1.54, 1.807) is 17.4 Å². The summed E-state index contributed by atoms with van der Waals surface area (Å²) in [6, 6.07) is 27.8. The van der Waals surface area contributed by atoms with Crippen molar-refractivity contribution in [2.24, 2.45) is 0 Å². The number of rotatable bonds is 3. The Hall–Kier alpha value is -3.74. The minimum absolute atomic E-state index is 0.142. The molecule has 0 saturated carbocycles. The van der Waals surface area contributed by atoms with Gasteiger partial charge in [-0.1, -0.05) is 66.7 Å². The molecule has 0 N–H and O–H groups in total. The number of fused-ring (bicyclic) bond motifs is 3. The molecule has 3 heterocycles. The molecule has 35 heavy (non-hydrogen) atoms. The van der Waals surface area contributed by atoms with Gasteiger partial charge in [0.1, 0.15) is 17.7 Å². The second-order valence-corrected chi connectivity index (χ2v) is 11.8. The lowest BCUT2D eigenvalue weighted by Crippen LogP contribution is -1.78. The summed E-state index contributed by atoms with van der Waals surface area (Å²) in [5, 5.41) is 24.7. The lowest BCUT2D eigenvalue weighted by molar-refractivity contribution is 1.47. The number of thiophene rings is 3. The Morgan fingerprint density at radius 2 is 1.34 bits per heavy atom. The van der Waals surface area contributed by atoms with Gasteiger partial charge in [-0.15, -0.1) is 34.0 Å². The molecule has 0 aliphatic rings. The lowest BCUT2D eigenvalue weighted by atomic mass is 10.0. The Morgan fingerprint density at radius 1 is 0.686 bits per heavy atom. The van der Waals surface area contributed by atoms with Crippen molar-refractivity contribution in [1.82, 2.24) is 0 Å². The number of allylic oxidation sites excluding steroid dienone is 1. The molecule has 0 atom stereocenters. The van der Waals surface area contributed by atoms with Gasteiger partial charge in [-0.25, -0.2) is 0 Å². The zero-order chi connectivity index (χ0) is 24.1. The van der Waals surface area contributed by atoms with Crippen molar-refractivity contribution in [2.75, 3.05) is 0 Å². The van der Waals surface area contributed by atoms with E-state index >= 15 is 0 Å². The van der Waals surface area contributed by atoms with Crippen LogP contribution in [0.3, 0.4) is 0 Å². The Bertz CT molecular complexity index is 1880. The number of hydrogen-bond donors (Lipinski definition) is 0. The van der Waals surface area contributed by atoms with Crippen molar-refractivity contribution in [3.63, 3.8) is 0 Å². The van der Waals surface area contributed by atoms with Gasteiger partial charge < -0.3 is 0 Å². The Balaban J connectivity index is 1.59. The molecule has 0 fully saturated rings. The fraction of sp³-hybridized carbons (Fsp3) is 0.0667. The smallest absolute Gasteiger partial charge is 0.131 e. The highest BCUT2D eigenvalue weighted by atomic mass is 32.2. The van der Waals surface area contributed by atoms with Gasteiger partial charge in [-0.2, -0.15) is 10.5 Å². The number of benzene rings is 3. The second kappa shape index (κ2) is 8.48. The Kier molecular flexibility index (Phi) is 5.28. The van der Waals surface area contributed by atoms with Crippen molar-refractivity contribution in [3.8, 4) is 32.3 Å². The van der Waals surface area contributed by atoms with Gasteiger partial charge in [0.05, 0.1) is 8.89 Å². The summed E-state index contributed by atoms with van der Waals surface area (Å²) in [5.74, 6) is 0. The molecule has 0 bridgehead atoms. The van der Waals surface area contributed by atoms with Crippen molar-refractivity contribution in [1.29, 1.82) is 10.5 Å². The summed E-state index contributed by atoms with van der Waals surface area (Å²) in [4.78, 5) is 4.90. The van der Waals surface area contributed by atoms with Gasteiger partial charge in [-0.3, -0.25) is 0 Å². The van der Waals surface area contributed by atoms with Crippen LogP contribution in [0.5, 0.6) is 0 Å². The first kappa shape index (κ1) is 21.8. The molecule has 0 aliphatic heterocycles. The minimum Gasteiger partial charge on any atom is -0.192 e. The predicted molar refractivity (Wildman–Crippen MR) is 152 cm³/mol. The van der Waals surface area contributed by atoms with Crippen molar-refractivity contribution in [2.45, 2.75) is 13.8 Å². The molecule has 3 aromatic carbocycles. The average Bonchev–Trinajstić information content (AvgIpc) is 3.53. The normalized spacial score (nSPS) is 11.1. The molecule has 0 unspecified atom stereocenters. The van der Waals surface area contributed by atoms with Crippen molar-refractivity contribution in [3.05, 3.63) is 88.3 Å². The molecule has 0 radical (unpaired) electrons. The SMILES string of the molecule is Cc1c(C=C(C#N)C#N)sc2sc(-c3sc(-c4cccc5ccccc45)c4ccccc34)c(C)c12. The fourth-order valence-electron chi connectivity index (χ4n) is 4.75. The zero-order valence-electron chi connectivity index (χ0n) is 19.0. The van der Waals surface area contributed by atoms with E-state index in [1.807, 2.05) is 34.8 Å².